The average Bonchev–Trinajstić information content (AvgIpc) is 2.69. The lowest BCUT2D eigenvalue weighted by Crippen LogP contribution is -2.48. The molecule has 0 nitrogen and oxygen atoms in total. The van der Waals surface area contributed by atoms with Gasteiger partial charge in [0.25, 0.3) is 0 Å². The van der Waals surface area contributed by atoms with Gasteiger partial charge in [0.15, 0.2) is 0 Å². The molecule has 3 aromatic carbocycles. The minimum Gasteiger partial charge on any atom is -0.0999 e. The summed E-state index contributed by atoms with van der Waals surface area (Å²) in [6, 6.07) is 32.0. The van der Waals surface area contributed by atoms with Crippen LogP contribution in [0.1, 0.15) is 24.0 Å². The Labute approximate surface area is 166 Å². The van der Waals surface area contributed by atoms with Gasteiger partial charge in [0.2, 0.25) is 0 Å². The number of halogens is 2. The summed E-state index contributed by atoms with van der Waals surface area (Å²) in [6.45, 7) is 0. The van der Waals surface area contributed by atoms with Crippen molar-refractivity contribution in [3.8, 4) is 0 Å². The zero-order valence-corrected chi connectivity index (χ0v) is 16.9. The van der Waals surface area contributed by atoms with Crippen molar-refractivity contribution in [2.75, 3.05) is 6.16 Å². The molecule has 1 atom stereocenters. The molecular weight excluding hydrogens is 378 g/mol. The zero-order valence-electron chi connectivity index (χ0n) is 14.5. The first kappa shape index (κ1) is 18.1. The first-order valence-electron chi connectivity index (χ1n) is 8.98. The molecule has 0 saturated carbocycles. The molecule has 4 rings (SSSR count). The summed E-state index contributed by atoms with van der Waals surface area (Å²) in [7, 11) is -0.619. The van der Waals surface area contributed by atoms with Crippen molar-refractivity contribution >= 4 is 36.4 Å². The molecule has 0 spiro atoms. The predicted molar refractivity (Wildman–Crippen MR) is 115 cm³/mol. The molecule has 26 heavy (non-hydrogen) atoms. The second-order valence-corrected chi connectivity index (χ2v) is 10.7. The van der Waals surface area contributed by atoms with Crippen LogP contribution < -0.4 is 5.30 Å². The highest BCUT2D eigenvalue weighted by Crippen LogP contribution is 2.71. The van der Waals surface area contributed by atoms with Gasteiger partial charge in [-0.2, -0.15) is 0 Å². The highest BCUT2D eigenvalue weighted by Gasteiger charge is 2.58. The molecule has 0 amide bonds. The minimum absolute atomic E-state index is 0.423. The molecule has 0 N–H and O–H groups in total. The topological polar surface area (TPSA) is 0 Å². The van der Waals surface area contributed by atoms with Crippen molar-refractivity contribution < 1.29 is 0 Å². The van der Waals surface area contributed by atoms with Crippen LogP contribution in [-0.4, -0.2) is 10.5 Å². The van der Waals surface area contributed by atoms with E-state index in [4.69, 9.17) is 23.2 Å². The Bertz CT molecular complexity index is 808. The molecule has 3 aromatic rings. The van der Waals surface area contributed by atoms with Crippen LogP contribution in [0.25, 0.3) is 0 Å². The van der Waals surface area contributed by atoms with Crippen LogP contribution in [0, 0.1) is 0 Å². The first-order valence-corrected chi connectivity index (χ1v) is 11.3. The van der Waals surface area contributed by atoms with E-state index in [1.807, 2.05) is 0 Å². The Morgan fingerprint density at radius 2 is 1.12 bits per heavy atom. The van der Waals surface area contributed by atoms with Crippen LogP contribution in [0.4, 0.5) is 0 Å². The Hall–Kier alpha value is -1.33. The molecule has 1 saturated heterocycles. The van der Waals surface area contributed by atoms with Gasteiger partial charge in [0.05, 0.1) is 5.16 Å². The summed E-state index contributed by atoms with van der Waals surface area (Å²) < 4.78 is -0.852. The maximum atomic E-state index is 7.19. The molecule has 1 fully saturated rings. The maximum absolute atomic E-state index is 7.19. The lowest BCUT2D eigenvalue weighted by Gasteiger charge is -2.53. The molecule has 3 heteroatoms. The van der Waals surface area contributed by atoms with Crippen molar-refractivity contribution in [1.29, 1.82) is 0 Å². The molecule has 0 radical (unpaired) electrons. The number of hydrogen-bond acceptors (Lipinski definition) is 0. The van der Waals surface area contributed by atoms with Gasteiger partial charge in [-0.15, -0.1) is 0 Å². The zero-order chi connectivity index (χ0) is 18.0. The lowest BCUT2D eigenvalue weighted by atomic mass is 9.84. The van der Waals surface area contributed by atoms with Gasteiger partial charge in [-0.3, -0.25) is 0 Å². The third kappa shape index (κ3) is 2.89. The van der Waals surface area contributed by atoms with Crippen LogP contribution in [0.3, 0.4) is 0 Å². The Balaban J connectivity index is 2.04. The third-order valence-corrected chi connectivity index (χ3v) is 9.86. The standard InChI is InChI=1S/C23H21Cl2P/c24-22(25)17-10-18-26(21-15-8-3-9-16-21)23(22,19-11-4-1-5-12-19)20-13-6-2-7-14-20/h1-9,11-16H,10,17-18H2. The van der Waals surface area contributed by atoms with Crippen LogP contribution in [-0.2, 0) is 5.16 Å². The largest absolute Gasteiger partial charge is 0.136 e. The van der Waals surface area contributed by atoms with E-state index >= 15 is 0 Å². The highest BCUT2D eigenvalue weighted by atomic mass is 35.5. The second kappa shape index (κ2) is 7.35. The quantitative estimate of drug-likeness (QED) is 0.339. The van der Waals surface area contributed by atoms with Crippen LogP contribution in [0.15, 0.2) is 91.0 Å². The smallest absolute Gasteiger partial charge is 0.0999 e. The van der Waals surface area contributed by atoms with Gasteiger partial charge >= 0.3 is 0 Å². The van der Waals surface area contributed by atoms with E-state index < -0.39 is 17.4 Å². The maximum Gasteiger partial charge on any atom is 0.136 e. The second-order valence-electron chi connectivity index (χ2n) is 6.74. The fraction of sp³-hybridized carbons (Fsp3) is 0.217. The molecule has 1 aliphatic heterocycles. The molecule has 132 valence electrons. The van der Waals surface area contributed by atoms with Gasteiger partial charge < -0.3 is 0 Å². The third-order valence-electron chi connectivity index (χ3n) is 5.26. The number of hydrogen-bond donors (Lipinski definition) is 0. The van der Waals surface area contributed by atoms with Gasteiger partial charge in [0.1, 0.15) is 4.33 Å². The summed E-state index contributed by atoms with van der Waals surface area (Å²) in [5, 5.41) is 0.939. The van der Waals surface area contributed by atoms with E-state index in [9.17, 15) is 0 Å². The molecule has 0 aromatic heterocycles. The first-order chi connectivity index (χ1) is 12.7. The van der Waals surface area contributed by atoms with Gasteiger partial charge in [-0.05, 0) is 35.4 Å². The predicted octanol–water partition coefficient (Wildman–Crippen LogP) is 6.71. The van der Waals surface area contributed by atoms with Crippen LogP contribution in [0.2, 0.25) is 0 Å². The minimum atomic E-state index is -0.852. The van der Waals surface area contributed by atoms with E-state index in [0.717, 1.165) is 19.0 Å². The van der Waals surface area contributed by atoms with E-state index in [1.165, 1.54) is 16.4 Å². The average molecular weight is 399 g/mol. The van der Waals surface area contributed by atoms with E-state index in [0.29, 0.717) is 0 Å². The lowest BCUT2D eigenvalue weighted by molar-refractivity contribution is 0.537. The monoisotopic (exact) mass is 398 g/mol. The number of benzene rings is 3. The van der Waals surface area contributed by atoms with Crippen molar-refractivity contribution in [3.63, 3.8) is 0 Å². The van der Waals surface area contributed by atoms with Crippen molar-refractivity contribution in [2.45, 2.75) is 22.3 Å². The van der Waals surface area contributed by atoms with Gasteiger partial charge in [0, 0.05) is 0 Å². The molecular formula is C23H21Cl2P. The SMILES string of the molecule is ClC1(Cl)CCCP(c2ccccc2)C1(c1ccccc1)c1ccccc1. The Morgan fingerprint density at radius 3 is 1.62 bits per heavy atom. The van der Waals surface area contributed by atoms with Gasteiger partial charge in [-0.25, -0.2) is 0 Å². The molecule has 1 unspecified atom stereocenters. The van der Waals surface area contributed by atoms with Crippen molar-refractivity contribution in [1.82, 2.24) is 0 Å². The van der Waals surface area contributed by atoms with E-state index in [1.54, 1.807) is 0 Å². The molecule has 1 heterocycles. The highest BCUT2D eigenvalue weighted by molar-refractivity contribution is 7.67. The normalized spacial score (nSPS) is 21.2. The van der Waals surface area contributed by atoms with E-state index in [2.05, 4.69) is 91.0 Å². The molecule has 1 aliphatic rings. The number of rotatable bonds is 3. The Morgan fingerprint density at radius 1 is 0.654 bits per heavy atom. The summed E-state index contributed by atoms with van der Waals surface area (Å²) in [4.78, 5) is 0. The summed E-state index contributed by atoms with van der Waals surface area (Å²) in [6.07, 6.45) is 2.98. The molecule has 0 bridgehead atoms. The number of alkyl halides is 2. The van der Waals surface area contributed by atoms with Gasteiger partial charge in [-0.1, -0.05) is 122 Å². The Kier molecular flexibility index (Phi) is 5.11. The van der Waals surface area contributed by atoms with Crippen molar-refractivity contribution in [3.05, 3.63) is 102 Å². The summed E-state index contributed by atoms with van der Waals surface area (Å²) in [5.41, 5.74) is 2.43. The van der Waals surface area contributed by atoms with Crippen LogP contribution >= 0.6 is 31.1 Å². The van der Waals surface area contributed by atoms with Crippen molar-refractivity contribution in [2.24, 2.45) is 0 Å². The molecule has 0 aliphatic carbocycles. The summed E-state index contributed by atoms with van der Waals surface area (Å²) in [5.74, 6) is 0. The van der Waals surface area contributed by atoms with E-state index in [-0.39, 0.29) is 0 Å². The fourth-order valence-corrected chi connectivity index (χ4v) is 8.93. The van der Waals surface area contributed by atoms with Crippen LogP contribution in [0.5, 0.6) is 0 Å². The summed E-state index contributed by atoms with van der Waals surface area (Å²) >= 11 is 14.4. The fourth-order valence-electron chi connectivity index (χ4n) is 4.20.